The predicted octanol–water partition coefficient (Wildman–Crippen LogP) is 5.47. The number of hydrogen-bond acceptors (Lipinski definition) is 6. The number of allylic oxidation sites excluding steroid dienone is 2. The Balaban J connectivity index is 1.83. The number of rotatable bonds is 11. The Labute approximate surface area is 181 Å². The second-order valence-electron chi connectivity index (χ2n) is 7.51. The van der Waals surface area contributed by atoms with Gasteiger partial charge in [0, 0.05) is 29.9 Å². The van der Waals surface area contributed by atoms with Crippen molar-refractivity contribution >= 4 is 34.9 Å². The molecule has 3 atom stereocenters. The summed E-state index contributed by atoms with van der Waals surface area (Å²) in [7, 11) is 0. The van der Waals surface area contributed by atoms with E-state index in [1.807, 2.05) is 6.08 Å². The summed E-state index contributed by atoms with van der Waals surface area (Å²) in [6, 6.07) is 0. The molecule has 2 N–H and O–H groups in total. The van der Waals surface area contributed by atoms with Gasteiger partial charge in [0.2, 0.25) is 0 Å². The summed E-state index contributed by atoms with van der Waals surface area (Å²) in [5.74, 6) is -1.90. The normalized spacial score (nSPS) is 21.2. The number of carboxylic acid groups (broad SMARTS) is 1. The number of carbonyl (C=O) groups excluding carboxylic acids is 1. The van der Waals surface area contributed by atoms with Crippen LogP contribution in [0.5, 0.6) is 0 Å². The van der Waals surface area contributed by atoms with Gasteiger partial charge in [-0.1, -0.05) is 23.9 Å². The third-order valence-corrected chi connectivity index (χ3v) is 7.09. The molecule has 10 heteroatoms. The van der Waals surface area contributed by atoms with Crippen LogP contribution in [0.2, 0.25) is 0 Å². The summed E-state index contributed by atoms with van der Waals surface area (Å²) in [5.41, 5.74) is -1.30. The number of carbonyl (C=O) groups is 2. The Kier molecular flexibility index (Phi) is 9.11. The fourth-order valence-electron chi connectivity index (χ4n) is 3.31. The maximum atomic E-state index is 12.9. The van der Waals surface area contributed by atoms with Crippen LogP contribution in [0.1, 0.15) is 55.9 Å². The standard InChI is InChI=1S/C20H24F3NO4S2/c1-20(28,9-6-14(21)17(22)23)8-2-3-12-4-5-16(25)13(12)7-10-29-19-24-15(11-30-19)18(26)27/h2-3,11-13,28H,4-10H2,1H3,(H,26,27)/t12-,13+,20?/m0/s1. The fraction of sp³-hybridized carbons (Fsp3) is 0.550. The van der Waals surface area contributed by atoms with Crippen LogP contribution in [0.15, 0.2) is 33.8 Å². The third-order valence-electron chi connectivity index (χ3n) is 5.04. The van der Waals surface area contributed by atoms with E-state index in [1.165, 1.54) is 35.4 Å². The average Bonchev–Trinajstić information content (AvgIpc) is 3.28. The molecule has 0 amide bonds. The predicted molar refractivity (Wildman–Crippen MR) is 110 cm³/mol. The van der Waals surface area contributed by atoms with Crippen LogP contribution in [0.3, 0.4) is 0 Å². The molecule has 0 aliphatic heterocycles. The minimum absolute atomic E-state index is 0.0110. The number of hydrogen-bond donors (Lipinski definition) is 2. The molecule has 1 saturated carbocycles. The van der Waals surface area contributed by atoms with Gasteiger partial charge in [-0.2, -0.15) is 8.78 Å². The lowest BCUT2D eigenvalue weighted by Crippen LogP contribution is -2.23. The SMILES string of the molecule is CC(O)(CC=C[C@H]1CCC(=O)[C@@H]1CCSc1nc(C(=O)O)cs1)CCC(F)=C(F)F. The van der Waals surface area contributed by atoms with Crippen LogP contribution in [0.4, 0.5) is 13.2 Å². The van der Waals surface area contributed by atoms with Crippen molar-refractivity contribution in [2.45, 2.75) is 55.4 Å². The molecule has 2 rings (SSSR count). The second kappa shape index (κ2) is 11.1. The largest absolute Gasteiger partial charge is 0.476 e. The van der Waals surface area contributed by atoms with Crippen LogP contribution >= 0.6 is 23.1 Å². The molecule has 1 aliphatic rings. The molecule has 166 valence electrons. The van der Waals surface area contributed by atoms with Gasteiger partial charge in [0.05, 0.1) is 5.60 Å². The minimum atomic E-state index is -2.36. The van der Waals surface area contributed by atoms with Crippen molar-refractivity contribution in [2.24, 2.45) is 11.8 Å². The monoisotopic (exact) mass is 463 g/mol. The smallest absolute Gasteiger partial charge is 0.355 e. The average molecular weight is 464 g/mol. The number of nitrogens with zero attached hydrogens (tertiary/aromatic N) is 1. The Bertz CT molecular complexity index is 819. The molecule has 1 unspecified atom stereocenters. The van der Waals surface area contributed by atoms with Crippen molar-refractivity contribution < 1.29 is 33.0 Å². The Morgan fingerprint density at radius 1 is 1.43 bits per heavy atom. The maximum Gasteiger partial charge on any atom is 0.355 e. The van der Waals surface area contributed by atoms with Crippen molar-refractivity contribution in [3.05, 3.63) is 35.1 Å². The van der Waals surface area contributed by atoms with Crippen molar-refractivity contribution in [1.29, 1.82) is 0 Å². The highest BCUT2D eigenvalue weighted by atomic mass is 32.2. The van der Waals surface area contributed by atoms with Crippen molar-refractivity contribution in [1.82, 2.24) is 4.98 Å². The van der Waals surface area contributed by atoms with E-state index < -0.39 is 29.9 Å². The van der Waals surface area contributed by atoms with Gasteiger partial charge in [-0.15, -0.1) is 11.3 Å². The molecule has 1 fully saturated rings. The lowest BCUT2D eigenvalue weighted by Gasteiger charge is -2.21. The van der Waals surface area contributed by atoms with Gasteiger partial charge in [-0.25, -0.2) is 14.2 Å². The summed E-state index contributed by atoms with van der Waals surface area (Å²) >= 11 is 2.67. The van der Waals surface area contributed by atoms with Crippen LogP contribution in [-0.4, -0.2) is 38.3 Å². The molecule has 0 spiro atoms. The quantitative estimate of drug-likeness (QED) is 0.334. The zero-order valence-electron chi connectivity index (χ0n) is 16.4. The molecule has 1 aromatic rings. The van der Waals surface area contributed by atoms with Crippen LogP contribution in [-0.2, 0) is 4.79 Å². The van der Waals surface area contributed by atoms with Gasteiger partial charge >= 0.3 is 12.0 Å². The van der Waals surface area contributed by atoms with Crippen LogP contribution in [0, 0.1) is 11.8 Å². The lowest BCUT2D eigenvalue weighted by molar-refractivity contribution is -0.121. The second-order valence-corrected chi connectivity index (χ2v) is 9.71. The van der Waals surface area contributed by atoms with E-state index in [-0.39, 0.29) is 36.2 Å². The first kappa shape index (κ1) is 24.6. The molecule has 0 bridgehead atoms. The molecule has 1 aliphatic carbocycles. The number of aromatic nitrogens is 1. The number of thiazole rings is 1. The van der Waals surface area contributed by atoms with Gasteiger partial charge in [0.15, 0.2) is 15.9 Å². The first-order valence-corrected chi connectivity index (χ1v) is 11.4. The first-order valence-electron chi connectivity index (χ1n) is 9.52. The van der Waals surface area contributed by atoms with Crippen molar-refractivity contribution in [3.8, 4) is 0 Å². The molecular weight excluding hydrogens is 439 g/mol. The number of aromatic carboxylic acids is 1. The zero-order chi connectivity index (χ0) is 22.3. The topological polar surface area (TPSA) is 87.5 Å². The van der Waals surface area contributed by atoms with Crippen molar-refractivity contribution in [2.75, 3.05) is 5.75 Å². The van der Waals surface area contributed by atoms with Gasteiger partial charge in [-0.05, 0) is 38.5 Å². The van der Waals surface area contributed by atoms with E-state index in [0.717, 1.165) is 0 Å². The highest BCUT2D eigenvalue weighted by Crippen LogP contribution is 2.35. The Morgan fingerprint density at radius 3 is 2.80 bits per heavy atom. The van der Waals surface area contributed by atoms with E-state index in [2.05, 4.69) is 4.98 Å². The van der Waals surface area contributed by atoms with E-state index in [9.17, 15) is 27.9 Å². The molecule has 0 aromatic carbocycles. The first-order chi connectivity index (χ1) is 14.1. The number of aliphatic hydroxyl groups is 1. The van der Waals surface area contributed by atoms with E-state index >= 15 is 0 Å². The summed E-state index contributed by atoms with van der Waals surface area (Å²) in [6.07, 6.45) is 2.59. The number of thioether (sulfide) groups is 1. The molecule has 0 saturated heterocycles. The fourth-order valence-corrected chi connectivity index (χ4v) is 5.20. The van der Waals surface area contributed by atoms with E-state index in [0.29, 0.717) is 29.4 Å². The third kappa shape index (κ3) is 7.55. The van der Waals surface area contributed by atoms with E-state index in [4.69, 9.17) is 5.11 Å². The van der Waals surface area contributed by atoms with Gasteiger partial charge in [0.25, 0.3) is 0 Å². The van der Waals surface area contributed by atoms with Crippen molar-refractivity contribution in [3.63, 3.8) is 0 Å². The van der Waals surface area contributed by atoms with Gasteiger partial charge in [0.1, 0.15) is 5.78 Å². The summed E-state index contributed by atoms with van der Waals surface area (Å²) in [5, 5.41) is 20.6. The molecule has 5 nitrogen and oxygen atoms in total. The summed E-state index contributed by atoms with van der Waals surface area (Å²) < 4.78 is 37.8. The van der Waals surface area contributed by atoms with Gasteiger partial charge in [-0.3, -0.25) is 4.79 Å². The molecule has 1 heterocycles. The minimum Gasteiger partial charge on any atom is -0.476 e. The maximum absolute atomic E-state index is 12.9. The zero-order valence-corrected chi connectivity index (χ0v) is 18.1. The molecule has 0 radical (unpaired) electrons. The molecular formula is C20H24F3NO4S2. The number of ketones is 1. The number of Topliss-reactive ketones (excluding diaryl/α,β-unsaturated/α-hetero) is 1. The number of halogens is 3. The lowest BCUT2D eigenvalue weighted by atomic mass is 9.90. The van der Waals surface area contributed by atoms with E-state index in [1.54, 1.807) is 6.08 Å². The highest BCUT2D eigenvalue weighted by molar-refractivity contribution is 8.01. The molecule has 1 aromatic heterocycles. The highest BCUT2D eigenvalue weighted by Gasteiger charge is 2.32. The van der Waals surface area contributed by atoms with Gasteiger partial charge < -0.3 is 10.2 Å². The van der Waals surface area contributed by atoms with Crippen LogP contribution in [0.25, 0.3) is 0 Å². The number of carboxylic acids is 1. The Morgan fingerprint density at radius 2 is 2.17 bits per heavy atom. The molecule has 30 heavy (non-hydrogen) atoms. The Hall–Kier alpha value is -1.65. The van der Waals surface area contributed by atoms with Crippen LogP contribution < -0.4 is 0 Å². The summed E-state index contributed by atoms with van der Waals surface area (Å²) in [6.45, 7) is 1.47. The summed E-state index contributed by atoms with van der Waals surface area (Å²) in [4.78, 5) is 27.1.